The van der Waals surface area contributed by atoms with Crippen molar-refractivity contribution in [3.8, 4) is 17.2 Å². The maximum absolute atomic E-state index is 13.3. The van der Waals surface area contributed by atoms with Crippen molar-refractivity contribution in [2.45, 2.75) is 24.5 Å². The fraction of sp³-hybridized carbons (Fsp3) is 0.412. The number of carbonyl (C=O) groups excluding carboxylic acids is 2. The number of benzene rings is 1. The van der Waals surface area contributed by atoms with Crippen LogP contribution in [-0.2, 0) is 9.53 Å². The van der Waals surface area contributed by atoms with Gasteiger partial charge >= 0.3 is 0 Å². The topological polar surface area (TPSA) is 91.3 Å². The summed E-state index contributed by atoms with van der Waals surface area (Å²) in [5.74, 6) is -0.629. The van der Waals surface area contributed by atoms with Gasteiger partial charge in [-0.05, 0) is 6.92 Å². The van der Waals surface area contributed by atoms with E-state index in [0.717, 1.165) is 6.08 Å². The van der Waals surface area contributed by atoms with Crippen molar-refractivity contribution >= 4 is 23.2 Å². The van der Waals surface area contributed by atoms with E-state index in [2.05, 4.69) is 0 Å². The van der Waals surface area contributed by atoms with E-state index in [1.165, 1.54) is 34.3 Å². The van der Waals surface area contributed by atoms with E-state index in [9.17, 15) is 14.7 Å². The standard InChI is InChI=1S/C17H17ClO7/c1-16(21)7-8(19)5-11(24-4)17(16)15(20)12-9(22-2)6-10(23-3)13(18)14(12)25-17/h5-6,21H,7H2,1-4H3/t16-,17+/m1/s1. The first-order valence-electron chi connectivity index (χ1n) is 7.43. The van der Waals surface area contributed by atoms with Gasteiger partial charge in [0.15, 0.2) is 17.3 Å². The molecule has 8 heteroatoms. The highest BCUT2D eigenvalue weighted by Crippen LogP contribution is 2.55. The summed E-state index contributed by atoms with van der Waals surface area (Å²) in [6.07, 6.45) is 0.843. The van der Waals surface area contributed by atoms with Gasteiger partial charge in [-0.3, -0.25) is 9.59 Å². The average molecular weight is 369 g/mol. The number of carbonyl (C=O) groups is 2. The summed E-state index contributed by atoms with van der Waals surface area (Å²) in [5, 5.41) is 11.0. The average Bonchev–Trinajstić information content (AvgIpc) is 2.87. The largest absolute Gasteiger partial charge is 0.496 e. The number of halogens is 1. The second kappa shape index (κ2) is 5.64. The molecule has 0 radical (unpaired) electrons. The van der Waals surface area contributed by atoms with Gasteiger partial charge in [0.05, 0.1) is 21.3 Å². The number of Topliss-reactive ketones (excluding diaryl/α,β-unsaturated/α-hetero) is 1. The molecular weight excluding hydrogens is 352 g/mol. The first-order chi connectivity index (χ1) is 11.7. The van der Waals surface area contributed by atoms with Gasteiger partial charge in [0, 0.05) is 18.6 Å². The fourth-order valence-corrected chi connectivity index (χ4v) is 3.60. The molecule has 3 rings (SSSR count). The van der Waals surface area contributed by atoms with Crippen molar-refractivity contribution in [3.63, 3.8) is 0 Å². The van der Waals surface area contributed by atoms with Crippen LogP contribution in [0.25, 0.3) is 0 Å². The number of allylic oxidation sites excluding steroid dienone is 1. The molecule has 0 saturated carbocycles. The molecule has 0 fully saturated rings. The Hall–Kier alpha value is -2.25. The van der Waals surface area contributed by atoms with Gasteiger partial charge in [-0.1, -0.05) is 11.6 Å². The van der Waals surface area contributed by atoms with Crippen LogP contribution in [0.1, 0.15) is 23.7 Å². The minimum absolute atomic E-state index is 0.0143. The molecule has 1 spiro atoms. The number of aliphatic hydroxyl groups is 1. The minimum atomic E-state index is -1.93. The lowest BCUT2D eigenvalue weighted by Crippen LogP contribution is -2.63. The lowest BCUT2D eigenvalue weighted by atomic mass is 9.72. The zero-order chi connectivity index (χ0) is 18.6. The highest BCUT2D eigenvalue weighted by Gasteiger charge is 2.66. The molecule has 1 heterocycles. The van der Waals surface area contributed by atoms with Crippen LogP contribution in [0.5, 0.6) is 17.2 Å². The molecule has 1 aliphatic carbocycles. The van der Waals surface area contributed by atoms with Crippen LogP contribution in [0.2, 0.25) is 5.02 Å². The molecule has 2 atom stereocenters. The molecule has 7 nitrogen and oxygen atoms in total. The van der Waals surface area contributed by atoms with E-state index < -0.39 is 17.0 Å². The van der Waals surface area contributed by atoms with Crippen molar-refractivity contribution < 1.29 is 33.6 Å². The van der Waals surface area contributed by atoms with Crippen LogP contribution >= 0.6 is 11.6 Å². The second-order valence-corrected chi connectivity index (χ2v) is 6.42. The highest BCUT2D eigenvalue weighted by molar-refractivity contribution is 6.35. The Labute approximate surface area is 149 Å². The predicted octanol–water partition coefficient (Wildman–Crippen LogP) is 1.93. The molecular formula is C17H17ClO7. The Morgan fingerprint density at radius 2 is 1.80 bits per heavy atom. The summed E-state index contributed by atoms with van der Waals surface area (Å²) in [4.78, 5) is 25.2. The smallest absolute Gasteiger partial charge is 0.256 e. The third-order valence-electron chi connectivity index (χ3n) is 4.53. The summed E-state index contributed by atoms with van der Waals surface area (Å²) in [6, 6.07) is 1.46. The molecule has 1 aromatic rings. The fourth-order valence-electron chi connectivity index (χ4n) is 3.33. The predicted molar refractivity (Wildman–Crippen MR) is 87.6 cm³/mol. The molecule has 2 aliphatic rings. The van der Waals surface area contributed by atoms with Crippen molar-refractivity contribution in [1.29, 1.82) is 0 Å². The lowest BCUT2D eigenvalue weighted by Gasteiger charge is -2.42. The monoisotopic (exact) mass is 368 g/mol. The number of hydrogen-bond acceptors (Lipinski definition) is 7. The van der Waals surface area contributed by atoms with E-state index in [0.29, 0.717) is 0 Å². The van der Waals surface area contributed by atoms with Gasteiger partial charge in [-0.2, -0.15) is 0 Å². The number of methoxy groups -OCH3 is 3. The van der Waals surface area contributed by atoms with E-state index in [4.69, 9.17) is 30.5 Å². The maximum atomic E-state index is 13.3. The number of fused-ring (bicyclic) bond motifs is 1. The molecule has 1 aliphatic heterocycles. The molecule has 0 unspecified atom stereocenters. The number of rotatable bonds is 3. The summed E-state index contributed by atoms with van der Waals surface area (Å²) < 4.78 is 21.6. The van der Waals surface area contributed by atoms with Gasteiger partial charge < -0.3 is 24.1 Å². The molecule has 0 bridgehead atoms. The van der Waals surface area contributed by atoms with Crippen molar-refractivity contribution in [2.75, 3.05) is 21.3 Å². The molecule has 0 aromatic heterocycles. The van der Waals surface area contributed by atoms with Gasteiger partial charge in [0.2, 0.25) is 5.78 Å². The quantitative estimate of drug-likeness (QED) is 0.871. The SMILES string of the molecule is COC1=CC(=O)C[C@@](C)(O)[C@]12Oc1c(Cl)c(OC)cc(OC)c1C2=O. The third kappa shape index (κ3) is 2.15. The van der Waals surface area contributed by atoms with E-state index in [-0.39, 0.29) is 45.8 Å². The van der Waals surface area contributed by atoms with Crippen LogP contribution in [0.15, 0.2) is 17.9 Å². The van der Waals surface area contributed by atoms with Gasteiger partial charge in [0.25, 0.3) is 5.60 Å². The number of ether oxygens (including phenoxy) is 4. The Balaban J connectivity index is 2.31. The first-order valence-corrected chi connectivity index (χ1v) is 7.81. The van der Waals surface area contributed by atoms with Gasteiger partial charge in [-0.25, -0.2) is 0 Å². The van der Waals surface area contributed by atoms with Crippen LogP contribution in [0, 0.1) is 0 Å². The normalized spacial score (nSPS) is 27.7. The second-order valence-electron chi connectivity index (χ2n) is 6.04. The highest BCUT2D eigenvalue weighted by atomic mass is 35.5. The molecule has 0 saturated heterocycles. The van der Waals surface area contributed by atoms with Gasteiger partial charge in [-0.15, -0.1) is 0 Å². The number of hydrogen-bond donors (Lipinski definition) is 1. The summed E-state index contributed by atoms with van der Waals surface area (Å²) in [5.41, 5.74) is -3.71. The van der Waals surface area contributed by atoms with Crippen LogP contribution in [0.3, 0.4) is 0 Å². The van der Waals surface area contributed by atoms with E-state index in [1.54, 1.807) is 0 Å². The van der Waals surface area contributed by atoms with Gasteiger partial charge in [0.1, 0.15) is 27.7 Å². The van der Waals surface area contributed by atoms with Crippen LogP contribution in [0.4, 0.5) is 0 Å². The van der Waals surface area contributed by atoms with Crippen molar-refractivity contribution in [2.24, 2.45) is 0 Å². The van der Waals surface area contributed by atoms with E-state index in [1.807, 2.05) is 0 Å². The summed E-state index contributed by atoms with van der Waals surface area (Å²) in [6.45, 7) is 1.35. The van der Waals surface area contributed by atoms with Crippen molar-refractivity contribution in [3.05, 3.63) is 28.5 Å². The Bertz CT molecular complexity index is 812. The lowest BCUT2D eigenvalue weighted by molar-refractivity contribution is -0.135. The molecule has 1 aromatic carbocycles. The zero-order valence-electron chi connectivity index (χ0n) is 14.1. The summed E-state index contributed by atoms with van der Waals surface area (Å²) in [7, 11) is 4.09. The first kappa shape index (κ1) is 17.6. The molecule has 0 amide bonds. The van der Waals surface area contributed by atoms with Crippen LogP contribution in [-0.4, -0.2) is 49.2 Å². The third-order valence-corrected chi connectivity index (χ3v) is 4.89. The van der Waals surface area contributed by atoms with Crippen LogP contribution < -0.4 is 14.2 Å². The summed E-state index contributed by atoms with van der Waals surface area (Å²) >= 11 is 6.30. The minimum Gasteiger partial charge on any atom is -0.496 e. The van der Waals surface area contributed by atoms with E-state index >= 15 is 0 Å². The maximum Gasteiger partial charge on any atom is 0.256 e. The zero-order valence-corrected chi connectivity index (χ0v) is 14.9. The molecule has 134 valence electrons. The number of ketones is 2. The Kier molecular flexibility index (Phi) is 3.96. The molecule has 25 heavy (non-hydrogen) atoms. The Morgan fingerprint density at radius 3 is 2.36 bits per heavy atom. The Morgan fingerprint density at radius 1 is 1.16 bits per heavy atom. The van der Waals surface area contributed by atoms with Crippen molar-refractivity contribution in [1.82, 2.24) is 0 Å². The molecule has 1 N–H and O–H groups in total.